The second-order valence-electron chi connectivity index (χ2n) is 5.78. The van der Waals surface area contributed by atoms with Gasteiger partial charge in [-0.15, -0.1) is 0 Å². The third-order valence-electron chi connectivity index (χ3n) is 3.84. The molecule has 0 aromatic heterocycles. The van der Waals surface area contributed by atoms with Crippen LogP contribution in [0.2, 0.25) is 0 Å². The van der Waals surface area contributed by atoms with Gasteiger partial charge in [-0.3, -0.25) is 14.4 Å². The Morgan fingerprint density at radius 2 is 1.78 bits per heavy atom. The second kappa shape index (κ2) is 9.27. The van der Waals surface area contributed by atoms with E-state index >= 15 is 0 Å². The lowest BCUT2D eigenvalue weighted by atomic mass is 10.2. The number of halogens is 2. The summed E-state index contributed by atoms with van der Waals surface area (Å²) in [6, 6.07) is 10.1. The summed E-state index contributed by atoms with van der Waals surface area (Å²) in [6.07, 6.45) is 0.0770. The second-order valence-corrected chi connectivity index (χ2v) is 6.70. The summed E-state index contributed by atoms with van der Waals surface area (Å²) in [7, 11) is 0. The van der Waals surface area contributed by atoms with Crippen LogP contribution < -0.4 is 11.1 Å². The maximum Gasteiger partial charge on any atom is 0.253 e. The van der Waals surface area contributed by atoms with E-state index in [-0.39, 0.29) is 30.3 Å². The van der Waals surface area contributed by atoms with Crippen molar-refractivity contribution in [3.05, 3.63) is 63.9 Å². The van der Waals surface area contributed by atoms with Crippen molar-refractivity contribution in [3.63, 3.8) is 0 Å². The molecule has 2 aromatic carbocycles. The Balaban J connectivity index is 1.95. The lowest BCUT2D eigenvalue weighted by Crippen LogP contribution is -2.33. The minimum Gasteiger partial charge on any atom is -0.366 e. The number of hydrogen-bond acceptors (Lipinski definition) is 3. The molecule has 6 nitrogen and oxygen atoms in total. The molecular formula is C19H19BrFN3O3. The molecule has 0 bridgehead atoms. The predicted octanol–water partition coefficient (Wildman–Crippen LogP) is 3.18. The van der Waals surface area contributed by atoms with Gasteiger partial charge in [-0.1, -0.05) is 15.9 Å². The molecule has 142 valence electrons. The van der Waals surface area contributed by atoms with Crippen molar-refractivity contribution in [1.82, 2.24) is 4.90 Å². The summed E-state index contributed by atoms with van der Waals surface area (Å²) < 4.78 is 14.0. The minimum absolute atomic E-state index is 0.0770. The van der Waals surface area contributed by atoms with Crippen molar-refractivity contribution in [1.29, 1.82) is 0 Å². The lowest BCUT2D eigenvalue weighted by molar-refractivity contribution is -0.116. The summed E-state index contributed by atoms with van der Waals surface area (Å²) in [5, 5.41) is 2.69. The zero-order valence-corrected chi connectivity index (χ0v) is 16.3. The van der Waals surface area contributed by atoms with Crippen LogP contribution in [0.1, 0.15) is 34.1 Å². The van der Waals surface area contributed by atoms with E-state index in [1.54, 1.807) is 19.1 Å². The fourth-order valence-electron chi connectivity index (χ4n) is 2.44. The largest absolute Gasteiger partial charge is 0.366 e. The van der Waals surface area contributed by atoms with E-state index in [1.165, 1.54) is 29.2 Å². The Labute approximate surface area is 164 Å². The highest BCUT2D eigenvalue weighted by molar-refractivity contribution is 9.10. The van der Waals surface area contributed by atoms with Crippen LogP contribution in [0.5, 0.6) is 0 Å². The first-order valence-electron chi connectivity index (χ1n) is 8.25. The van der Waals surface area contributed by atoms with E-state index in [4.69, 9.17) is 5.73 Å². The van der Waals surface area contributed by atoms with Crippen LogP contribution in [0.4, 0.5) is 10.1 Å². The third kappa shape index (κ3) is 5.89. The van der Waals surface area contributed by atoms with Gasteiger partial charge in [0.1, 0.15) is 5.82 Å². The number of amides is 3. The van der Waals surface area contributed by atoms with Crippen LogP contribution in [0.3, 0.4) is 0 Å². The summed E-state index contributed by atoms with van der Waals surface area (Å²) >= 11 is 3.16. The van der Waals surface area contributed by atoms with Crippen molar-refractivity contribution in [2.75, 3.05) is 18.4 Å². The van der Waals surface area contributed by atoms with Gasteiger partial charge in [0.2, 0.25) is 11.8 Å². The number of benzene rings is 2. The molecule has 3 amide bonds. The van der Waals surface area contributed by atoms with Crippen LogP contribution in [-0.4, -0.2) is 35.7 Å². The molecule has 0 heterocycles. The van der Waals surface area contributed by atoms with Crippen molar-refractivity contribution in [2.24, 2.45) is 5.73 Å². The van der Waals surface area contributed by atoms with Gasteiger partial charge < -0.3 is 16.0 Å². The molecular weight excluding hydrogens is 417 g/mol. The van der Waals surface area contributed by atoms with E-state index in [0.717, 1.165) is 6.07 Å². The van der Waals surface area contributed by atoms with Gasteiger partial charge in [-0.2, -0.15) is 0 Å². The molecule has 2 rings (SSSR count). The quantitative estimate of drug-likeness (QED) is 0.699. The maximum atomic E-state index is 13.5. The SMILES string of the molecule is CCN(CCC(=O)Nc1ccc(C(N)=O)cc1)C(=O)c1cc(F)cc(Br)c1. The molecule has 3 N–H and O–H groups in total. The Kier molecular flexibility index (Phi) is 7.06. The number of hydrogen-bond donors (Lipinski definition) is 2. The standard InChI is InChI=1S/C19H19BrFN3O3/c1-2-24(19(27)13-9-14(20)11-15(21)10-13)8-7-17(25)23-16-5-3-12(4-6-16)18(22)26/h3-6,9-11H,2,7-8H2,1H3,(H2,22,26)(H,23,25). The minimum atomic E-state index is -0.547. The number of nitrogens with zero attached hydrogens (tertiary/aromatic N) is 1. The van der Waals surface area contributed by atoms with E-state index in [0.29, 0.717) is 22.3 Å². The molecule has 0 aliphatic carbocycles. The summed E-state index contributed by atoms with van der Waals surface area (Å²) in [5.41, 5.74) is 6.25. The molecule has 0 saturated heterocycles. The number of carbonyl (C=O) groups is 3. The molecule has 0 radical (unpaired) electrons. The van der Waals surface area contributed by atoms with Gasteiger partial charge in [-0.25, -0.2) is 4.39 Å². The fourth-order valence-corrected chi connectivity index (χ4v) is 2.91. The van der Waals surface area contributed by atoms with E-state index in [9.17, 15) is 18.8 Å². The first-order chi connectivity index (χ1) is 12.8. The monoisotopic (exact) mass is 435 g/mol. The number of nitrogens with two attached hydrogens (primary N) is 1. The summed E-state index contributed by atoms with van der Waals surface area (Å²) in [4.78, 5) is 37.1. The molecule has 0 aliphatic rings. The highest BCUT2D eigenvalue weighted by Gasteiger charge is 2.17. The summed E-state index contributed by atoms with van der Waals surface area (Å²) in [5.74, 6) is -1.69. The molecule has 0 spiro atoms. The Hall–Kier alpha value is -2.74. The average molecular weight is 436 g/mol. The van der Waals surface area contributed by atoms with Gasteiger partial charge in [-0.05, 0) is 49.4 Å². The first-order valence-corrected chi connectivity index (χ1v) is 9.04. The van der Waals surface area contributed by atoms with Crippen LogP contribution in [0, 0.1) is 5.82 Å². The highest BCUT2D eigenvalue weighted by Crippen LogP contribution is 2.17. The molecule has 2 aromatic rings. The van der Waals surface area contributed by atoms with Crippen LogP contribution in [0.15, 0.2) is 46.9 Å². The van der Waals surface area contributed by atoms with Gasteiger partial charge in [0.25, 0.3) is 5.91 Å². The molecule has 0 unspecified atom stereocenters. The van der Waals surface area contributed by atoms with Gasteiger partial charge in [0, 0.05) is 40.8 Å². The fraction of sp³-hybridized carbons (Fsp3) is 0.211. The van der Waals surface area contributed by atoms with Crippen LogP contribution in [-0.2, 0) is 4.79 Å². The Bertz CT molecular complexity index is 836. The molecule has 0 saturated carbocycles. The number of nitrogens with one attached hydrogen (secondary N) is 1. The number of anilines is 1. The topological polar surface area (TPSA) is 92.5 Å². The van der Waals surface area contributed by atoms with Gasteiger partial charge in [0.15, 0.2) is 0 Å². The molecule has 0 aliphatic heterocycles. The molecule has 0 fully saturated rings. The van der Waals surface area contributed by atoms with Crippen molar-refractivity contribution >= 4 is 39.3 Å². The smallest absolute Gasteiger partial charge is 0.253 e. The summed E-state index contributed by atoms with van der Waals surface area (Å²) in [6.45, 7) is 2.36. The maximum absolute atomic E-state index is 13.5. The molecule has 0 atom stereocenters. The molecule has 27 heavy (non-hydrogen) atoms. The van der Waals surface area contributed by atoms with Crippen LogP contribution >= 0.6 is 15.9 Å². The predicted molar refractivity (Wildman–Crippen MR) is 104 cm³/mol. The lowest BCUT2D eigenvalue weighted by Gasteiger charge is -2.21. The van der Waals surface area contributed by atoms with E-state index in [1.807, 2.05) is 0 Å². The zero-order valence-electron chi connectivity index (χ0n) is 14.7. The Morgan fingerprint density at radius 1 is 1.11 bits per heavy atom. The number of carbonyl (C=O) groups excluding carboxylic acids is 3. The van der Waals surface area contributed by atoms with E-state index < -0.39 is 11.7 Å². The van der Waals surface area contributed by atoms with Gasteiger partial charge in [0.05, 0.1) is 0 Å². The van der Waals surface area contributed by atoms with E-state index in [2.05, 4.69) is 21.2 Å². The molecule has 8 heteroatoms. The number of primary amides is 1. The van der Waals surface area contributed by atoms with Gasteiger partial charge >= 0.3 is 0 Å². The normalized spacial score (nSPS) is 10.3. The zero-order chi connectivity index (χ0) is 20.0. The van der Waals surface area contributed by atoms with Crippen molar-refractivity contribution in [3.8, 4) is 0 Å². The average Bonchev–Trinajstić information content (AvgIpc) is 2.61. The van der Waals surface area contributed by atoms with Crippen molar-refractivity contribution in [2.45, 2.75) is 13.3 Å². The van der Waals surface area contributed by atoms with Crippen molar-refractivity contribution < 1.29 is 18.8 Å². The third-order valence-corrected chi connectivity index (χ3v) is 4.30. The Morgan fingerprint density at radius 3 is 2.33 bits per heavy atom. The number of rotatable bonds is 7. The van der Waals surface area contributed by atoms with Crippen LogP contribution in [0.25, 0.3) is 0 Å². The highest BCUT2D eigenvalue weighted by atomic mass is 79.9. The first kappa shape index (κ1) is 20.6.